The van der Waals surface area contributed by atoms with E-state index < -0.39 is 5.92 Å². The van der Waals surface area contributed by atoms with Gasteiger partial charge in [-0.2, -0.15) is 5.01 Å². The Balaban J connectivity index is 1.39. The number of carbonyl (C=O) groups excluding carboxylic acids is 1. The van der Waals surface area contributed by atoms with E-state index in [2.05, 4.69) is 17.2 Å². The maximum absolute atomic E-state index is 13.3. The minimum Gasteiger partial charge on any atom is -0.496 e. The Morgan fingerprint density at radius 3 is 2.17 bits per heavy atom. The zero-order valence-corrected chi connectivity index (χ0v) is 22.0. The number of rotatable bonds is 5. The van der Waals surface area contributed by atoms with Gasteiger partial charge in [-0.1, -0.05) is 84.4 Å². The van der Waals surface area contributed by atoms with Crippen molar-refractivity contribution in [2.24, 2.45) is 16.0 Å². The number of allylic oxidation sites excluding steroid dienone is 1. The molecule has 7 rings (SSSR count). The van der Waals surface area contributed by atoms with Crippen LogP contribution >= 0.6 is 0 Å². The second-order valence-corrected chi connectivity index (χ2v) is 9.85. The zero-order chi connectivity index (χ0) is 27.2. The number of para-hydroxylation sites is 1. The number of hydrogen-bond donors (Lipinski definition) is 0. The highest BCUT2D eigenvalue weighted by atomic mass is 16.5. The minimum absolute atomic E-state index is 0.105. The fraction of sp³-hybridized carbons (Fsp3) is 0.0882. The fourth-order valence-electron chi connectivity index (χ4n) is 5.45. The van der Waals surface area contributed by atoms with E-state index in [1.54, 1.807) is 7.11 Å². The van der Waals surface area contributed by atoms with Crippen molar-refractivity contribution in [3.8, 4) is 28.2 Å². The molecule has 5 aromatic rings. The SMILES string of the molecule is COc1cc2c(-c3ccccc3)c(-c3ccccc3)oc2cc1C1=NC2=NN(c3ccccc3)C(=O)C2C(C)=C1. The highest BCUT2D eigenvalue weighted by Crippen LogP contribution is 2.43. The number of carbonyl (C=O) groups is 1. The number of furan rings is 1. The first-order chi connectivity index (χ1) is 19.6. The van der Waals surface area contributed by atoms with Gasteiger partial charge in [-0.05, 0) is 42.8 Å². The third kappa shape index (κ3) is 3.84. The predicted molar refractivity (Wildman–Crippen MR) is 159 cm³/mol. The number of amidine groups is 1. The van der Waals surface area contributed by atoms with Gasteiger partial charge in [0, 0.05) is 22.1 Å². The molecule has 2 aliphatic heterocycles. The van der Waals surface area contributed by atoms with Gasteiger partial charge in [0.25, 0.3) is 5.91 Å². The van der Waals surface area contributed by atoms with Crippen molar-refractivity contribution >= 4 is 34.1 Å². The number of nitrogens with zero attached hydrogens (tertiary/aromatic N) is 3. The lowest BCUT2D eigenvalue weighted by molar-refractivity contribution is -0.119. The molecular weight excluding hydrogens is 498 g/mol. The molecule has 1 aromatic heterocycles. The molecule has 2 aliphatic rings. The monoisotopic (exact) mass is 523 g/mol. The summed E-state index contributed by atoms with van der Waals surface area (Å²) in [7, 11) is 1.65. The molecule has 6 nitrogen and oxygen atoms in total. The van der Waals surface area contributed by atoms with Gasteiger partial charge < -0.3 is 9.15 Å². The number of methoxy groups -OCH3 is 1. The van der Waals surface area contributed by atoms with Crippen LogP contribution in [-0.2, 0) is 4.79 Å². The van der Waals surface area contributed by atoms with Crippen LogP contribution in [0.25, 0.3) is 33.4 Å². The Hall–Kier alpha value is -5.23. The Bertz CT molecular complexity index is 1850. The number of hydrogen-bond acceptors (Lipinski definition) is 5. The first kappa shape index (κ1) is 23.9. The summed E-state index contributed by atoms with van der Waals surface area (Å²) in [6, 6.07) is 33.7. The van der Waals surface area contributed by atoms with Crippen molar-refractivity contribution in [1.82, 2.24) is 0 Å². The number of anilines is 1. The molecule has 1 atom stereocenters. The second kappa shape index (κ2) is 9.50. The minimum atomic E-state index is -0.503. The summed E-state index contributed by atoms with van der Waals surface area (Å²) in [5, 5.41) is 7.00. The highest BCUT2D eigenvalue weighted by Gasteiger charge is 2.40. The second-order valence-electron chi connectivity index (χ2n) is 9.85. The van der Waals surface area contributed by atoms with Crippen molar-refractivity contribution < 1.29 is 13.9 Å². The summed E-state index contributed by atoms with van der Waals surface area (Å²) in [6.45, 7) is 1.94. The molecule has 1 amide bonds. The Kier molecular flexibility index (Phi) is 5.67. The number of fused-ring (bicyclic) bond motifs is 2. The van der Waals surface area contributed by atoms with Crippen LogP contribution in [0.1, 0.15) is 12.5 Å². The Labute approximate surface area is 231 Å². The highest BCUT2D eigenvalue weighted by molar-refractivity contribution is 6.26. The molecule has 6 heteroatoms. The maximum Gasteiger partial charge on any atom is 0.262 e. The van der Waals surface area contributed by atoms with Crippen molar-refractivity contribution in [3.05, 3.63) is 120 Å². The first-order valence-electron chi connectivity index (χ1n) is 13.1. The van der Waals surface area contributed by atoms with Gasteiger partial charge in [-0.3, -0.25) is 4.79 Å². The molecule has 0 radical (unpaired) electrons. The number of benzene rings is 4. The average Bonchev–Trinajstić information content (AvgIpc) is 3.55. The van der Waals surface area contributed by atoms with E-state index in [9.17, 15) is 4.79 Å². The van der Waals surface area contributed by atoms with E-state index in [1.165, 1.54) is 5.01 Å². The molecule has 4 aromatic carbocycles. The first-order valence-corrected chi connectivity index (χ1v) is 13.1. The molecule has 194 valence electrons. The van der Waals surface area contributed by atoms with Gasteiger partial charge in [0.15, 0.2) is 5.84 Å². The molecule has 0 aliphatic carbocycles. The predicted octanol–water partition coefficient (Wildman–Crippen LogP) is 7.50. The van der Waals surface area contributed by atoms with Crippen LogP contribution in [0.2, 0.25) is 0 Å². The lowest BCUT2D eigenvalue weighted by Crippen LogP contribution is -2.30. The molecule has 0 N–H and O–H groups in total. The van der Waals surface area contributed by atoms with E-state index in [-0.39, 0.29) is 5.91 Å². The van der Waals surface area contributed by atoms with Crippen LogP contribution in [-0.4, -0.2) is 24.6 Å². The molecule has 0 fully saturated rings. The fourth-order valence-corrected chi connectivity index (χ4v) is 5.45. The molecule has 0 spiro atoms. The molecule has 3 heterocycles. The summed E-state index contributed by atoms with van der Waals surface area (Å²) in [5.41, 5.74) is 6.82. The third-order valence-corrected chi connectivity index (χ3v) is 7.36. The summed E-state index contributed by atoms with van der Waals surface area (Å²) in [6.07, 6.45) is 1.94. The van der Waals surface area contributed by atoms with Gasteiger partial charge in [-0.25, -0.2) is 4.99 Å². The van der Waals surface area contributed by atoms with E-state index in [0.29, 0.717) is 17.3 Å². The summed E-state index contributed by atoms with van der Waals surface area (Å²) in [4.78, 5) is 18.1. The lowest BCUT2D eigenvalue weighted by Gasteiger charge is -2.18. The van der Waals surface area contributed by atoms with Crippen LogP contribution in [0.3, 0.4) is 0 Å². The van der Waals surface area contributed by atoms with E-state index in [4.69, 9.17) is 14.1 Å². The number of dihydropyridines is 1. The number of amides is 1. The van der Waals surface area contributed by atoms with Crippen molar-refractivity contribution in [1.29, 1.82) is 0 Å². The van der Waals surface area contributed by atoms with Gasteiger partial charge in [0.2, 0.25) is 0 Å². The Morgan fingerprint density at radius 1 is 0.850 bits per heavy atom. The van der Waals surface area contributed by atoms with Crippen molar-refractivity contribution in [2.45, 2.75) is 6.92 Å². The summed E-state index contributed by atoms with van der Waals surface area (Å²) < 4.78 is 12.5. The largest absolute Gasteiger partial charge is 0.496 e. The topological polar surface area (TPSA) is 67.4 Å². The molecule has 1 unspecified atom stereocenters. The summed E-state index contributed by atoms with van der Waals surface area (Å²) >= 11 is 0. The number of aliphatic imine (C=N–C) groups is 1. The van der Waals surface area contributed by atoms with Crippen LogP contribution in [0, 0.1) is 5.92 Å². The van der Waals surface area contributed by atoms with Crippen LogP contribution in [0.5, 0.6) is 5.75 Å². The third-order valence-electron chi connectivity index (χ3n) is 7.36. The van der Waals surface area contributed by atoms with Crippen LogP contribution in [0.4, 0.5) is 5.69 Å². The van der Waals surface area contributed by atoms with Gasteiger partial charge in [0.1, 0.15) is 23.0 Å². The number of hydrazone groups is 1. The van der Waals surface area contributed by atoms with Gasteiger partial charge >= 0.3 is 0 Å². The van der Waals surface area contributed by atoms with E-state index in [0.717, 1.165) is 50.2 Å². The zero-order valence-electron chi connectivity index (χ0n) is 22.0. The molecule has 40 heavy (non-hydrogen) atoms. The maximum atomic E-state index is 13.3. The van der Waals surface area contributed by atoms with E-state index in [1.807, 2.05) is 104 Å². The summed E-state index contributed by atoms with van der Waals surface area (Å²) in [5.74, 6) is 1.32. The quantitative estimate of drug-likeness (QED) is 0.240. The lowest BCUT2D eigenvalue weighted by atomic mass is 9.92. The van der Waals surface area contributed by atoms with Gasteiger partial charge in [0.05, 0.1) is 18.5 Å². The molecule has 0 saturated heterocycles. The molecule has 0 bridgehead atoms. The average molecular weight is 524 g/mol. The van der Waals surface area contributed by atoms with E-state index >= 15 is 0 Å². The van der Waals surface area contributed by atoms with Crippen molar-refractivity contribution in [3.63, 3.8) is 0 Å². The number of ether oxygens (including phenoxy) is 1. The van der Waals surface area contributed by atoms with Crippen molar-refractivity contribution in [2.75, 3.05) is 12.1 Å². The molecule has 0 saturated carbocycles. The standard InChI is InChI=1S/C34H25N3O3/c1-21-18-27(35-33-30(21)34(38)37(36-33)24-16-10-5-11-17-24)25-19-29-26(20-28(25)39-2)31(22-12-6-3-7-13-22)32(40-29)23-14-8-4-9-15-23/h3-20,30H,1-2H3. The van der Waals surface area contributed by atoms with Crippen LogP contribution in [0.15, 0.2) is 129 Å². The van der Waals surface area contributed by atoms with Crippen LogP contribution < -0.4 is 9.75 Å². The smallest absolute Gasteiger partial charge is 0.262 e. The normalized spacial score (nSPS) is 16.4. The van der Waals surface area contributed by atoms with Gasteiger partial charge in [-0.15, -0.1) is 5.10 Å². The molecular formula is C34H25N3O3. The Morgan fingerprint density at radius 2 is 1.50 bits per heavy atom.